The molecule has 0 bridgehead atoms. The van der Waals surface area contributed by atoms with E-state index in [1.165, 1.54) is 0 Å². The van der Waals surface area contributed by atoms with Crippen molar-refractivity contribution < 1.29 is 8.78 Å². The fraction of sp³-hybridized carbons (Fsp3) is 0.0769. The van der Waals surface area contributed by atoms with E-state index >= 15 is 0 Å². The Bertz CT molecular complexity index is 529. The van der Waals surface area contributed by atoms with Crippen molar-refractivity contribution in [3.63, 3.8) is 0 Å². The molecule has 3 heteroatoms. The fourth-order valence-corrected chi connectivity index (χ4v) is 2.03. The van der Waals surface area contributed by atoms with Gasteiger partial charge in [0.2, 0.25) is 0 Å². The summed E-state index contributed by atoms with van der Waals surface area (Å²) in [5.74, 6) is -0.826. The molecule has 2 rings (SSSR count). The Morgan fingerprint density at radius 3 is 2.56 bits per heavy atom. The van der Waals surface area contributed by atoms with Crippen LogP contribution in [0.2, 0.25) is 0 Å². The lowest BCUT2D eigenvalue weighted by atomic mass is 10.0. The van der Waals surface area contributed by atoms with E-state index in [-0.39, 0.29) is 6.33 Å². The Balaban J connectivity index is 2.60. The Morgan fingerprint density at radius 1 is 1.12 bits per heavy atom. The molecule has 2 aromatic carbocycles. The van der Waals surface area contributed by atoms with Gasteiger partial charge in [0.15, 0.2) is 0 Å². The smallest absolute Gasteiger partial charge is 0.132 e. The van der Waals surface area contributed by atoms with Gasteiger partial charge in [-0.05, 0) is 16.3 Å². The second-order valence-electron chi connectivity index (χ2n) is 3.50. The van der Waals surface area contributed by atoms with E-state index in [2.05, 4.69) is 10.2 Å². The lowest BCUT2D eigenvalue weighted by molar-refractivity contribution is 0.558. The molecule has 16 heavy (non-hydrogen) atoms. The largest absolute Gasteiger partial charge is 0.213 e. The van der Waals surface area contributed by atoms with E-state index in [0.29, 0.717) is 0 Å². The zero-order valence-corrected chi connectivity index (χ0v) is 9.45. The third kappa shape index (κ3) is 1.91. The molecule has 0 aliphatic heterocycles. The van der Waals surface area contributed by atoms with Crippen LogP contribution in [0.5, 0.6) is 0 Å². The zero-order chi connectivity index (χ0) is 11.5. The topological polar surface area (TPSA) is 0 Å². The molecule has 0 aliphatic carbocycles. The standard InChI is InChI=1S/C13H9F2Si/c14-8-12(15)13(16)11-7-3-5-9-4-1-2-6-10(9)11/h1-8,13H. The number of rotatable bonds is 2. The number of allylic oxidation sites excluding steroid dienone is 1. The quantitative estimate of drug-likeness (QED) is 0.689. The molecule has 1 unspecified atom stereocenters. The summed E-state index contributed by atoms with van der Waals surface area (Å²) in [5.41, 5.74) is -0.0164. The van der Waals surface area contributed by atoms with Gasteiger partial charge in [0.05, 0.1) is 0 Å². The van der Waals surface area contributed by atoms with Crippen LogP contribution < -0.4 is 0 Å². The Kier molecular flexibility index (Phi) is 3.15. The molecule has 0 saturated carbocycles. The average Bonchev–Trinajstić information content (AvgIpc) is 2.36. The van der Waals surface area contributed by atoms with Gasteiger partial charge in [0.1, 0.15) is 12.2 Å². The highest BCUT2D eigenvalue weighted by molar-refractivity contribution is 6.15. The second kappa shape index (κ2) is 4.57. The Morgan fingerprint density at radius 2 is 1.81 bits per heavy atom. The molecule has 3 radical (unpaired) electrons. The van der Waals surface area contributed by atoms with Gasteiger partial charge in [-0.3, -0.25) is 0 Å². The zero-order valence-electron chi connectivity index (χ0n) is 8.45. The SMILES string of the molecule is FC=C(F)C([Si])c1cccc2ccccc12. The van der Waals surface area contributed by atoms with Gasteiger partial charge in [-0.1, -0.05) is 42.5 Å². The summed E-state index contributed by atoms with van der Waals surface area (Å²) in [6, 6.07) is 13.2. The first kappa shape index (κ1) is 11.0. The van der Waals surface area contributed by atoms with Crippen LogP contribution in [0.15, 0.2) is 54.6 Å². The molecule has 0 heterocycles. The van der Waals surface area contributed by atoms with E-state index in [1.807, 2.05) is 36.4 Å². The minimum atomic E-state index is -0.826. The van der Waals surface area contributed by atoms with E-state index < -0.39 is 11.4 Å². The van der Waals surface area contributed by atoms with Crippen molar-refractivity contribution >= 4 is 21.0 Å². The third-order valence-corrected chi connectivity index (χ3v) is 3.10. The minimum Gasteiger partial charge on any atom is -0.213 e. The summed E-state index contributed by atoms with van der Waals surface area (Å²) in [7, 11) is 3.20. The number of hydrogen-bond acceptors (Lipinski definition) is 0. The van der Waals surface area contributed by atoms with Crippen molar-refractivity contribution in [3.05, 3.63) is 60.2 Å². The van der Waals surface area contributed by atoms with Crippen LogP contribution in [0.25, 0.3) is 10.8 Å². The van der Waals surface area contributed by atoms with Crippen molar-refractivity contribution in [1.29, 1.82) is 0 Å². The first-order valence-electron chi connectivity index (χ1n) is 4.88. The van der Waals surface area contributed by atoms with Crippen LogP contribution in [-0.2, 0) is 0 Å². The van der Waals surface area contributed by atoms with Crippen LogP contribution >= 0.6 is 0 Å². The van der Waals surface area contributed by atoms with Crippen molar-refractivity contribution in [1.82, 2.24) is 0 Å². The third-order valence-electron chi connectivity index (χ3n) is 2.51. The Labute approximate surface area is 96.0 Å². The van der Waals surface area contributed by atoms with Crippen molar-refractivity contribution in [2.75, 3.05) is 0 Å². The molecule has 0 fully saturated rings. The summed E-state index contributed by atoms with van der Waals surface area (Å²) in [6.07, 6.45) is -0.0144. The predicted octanol–water partition coefficient (Wildman–Crippen LogP) is 3.83. The number of halogens is 2. The molecule has 2 aromatic rings. The lowest BCUT2D eigenvalue weighted by Gasteiger charge is -2.11. The molecular formula is C13H9F2Si. The van der Waals surface area contributed by atoms with Crippen molar-refractivity contribution in [2.45, 2.75) is 5.54 Å². The molecule has 0 N–H and O–H groups in total. The predicted molar refractivity (Wildman–Crippen MR) is 62.7 cm³/mol. The van der Waals surface area contributed by atoms with Crippen molar-refractivity contribution in [3.8, 4) is 0 Å². The van der Waals surface area contributed by atoms with Gasteiger partial charge in [-0.2, -0.15) is 0 Å². The second-order valence-corrected chi connectivity index (χ2v) is 4.07. The fourth-order valence-electron chi connectivity index (χ4n) is 1.71. The minimum absolute atomic E-state index is 0.0144. The van der Waals surface area contributed by atoms with Crippen LogP contribution in [0.1, 0.15) is 11.1 Å². The van der Waals surface area contributed by atoms with E-state index in [0.717, 1.165) is 16.3 Å². The van der Waals surface area contributed by atoms with Gasteiger partial charge in [0.25, 0.3) is 0 Å². The van der Waals surface area contributed by atoms with E-state index in [4.69, 9.17) is 0 Å². The number of hydrogen-bond donors (Lipinski definition) is 0. The van der Waals surface area contributed by atoms with E-state index in [1.54, 1.807) is 6.07 Å². The maximum Gasteiger partial charge on any atom is 0.132 e. The molecular weight excluding hydrogens is 222 g/mol. The Hall–Kier alpha value is -1.48. The van der Waals surface area contributed by atoms with Crippen LogP contribution in [-0.4, -0.2) is 10.2 Å². The molecule has 0 aromatic heterocycles. The molecule has 1 atom stereocenters. The highest BCUT2D eigenvalue weighted by Gasteiger charge is 2.13. The summed E-state index contributed by atoms with van der Waals surface area (Å²) in [5, 5.41) is 1.93. The van der Waals surface area contributed by atoms with E-state index in [9.17, 15) is 8.78 Å². The van der Waals surface area contributed by atoms with Gasteiger partial charge in [-0.15, -0.1) is 0 Å². The maximum absolute atomic E-state index is 13.2. The maximum atomic E-state index is 13.2. The summed E-state index contributed by atoms with van der Waals surface area (Å²) < 4.78 is 25.3. The first-order valence-corrected chi connectivity index (χ1v) is 5.46. The summed E-state index contributed by atoms with van der Waals surface area (Å²) >= 11 is 0. The van der Waals surface area contributed by atoms with Gasteiger partial charge in [-0.25, -0.2) is 8.78 Å². The molecule has 0 nitrogen and oxygen atoms in total. The highest BCUT2D eigenvalue weighted by atomic mass is 28.1. The van der Waals surface area contributed by atoms with Gasteiger partial charge in [0, 0.05) is 15.8 Å². The number of fused-ring (bicyclic) bond motifs is 1. The van der Waals surface area contributed by atoms with Crippen molar-refractivity contribution in [2.24, 2.45) is 0 Å². The molecule has 0 spiro atoms. The molecule has 0 saturated heterocycles. The molecule has 0 aliphatic rings. The normalized spacial score (nSPS) is 14.1. The van der Waals surface area contributed by atoms with Gasteiger partial charge >= 0.3 is 0 Å². The highest BCUT2D eigenvalue weighted by Crippen LogP contribution is 2.28. The van der Waals surface area contributed by atoms with Crippen LogP contribution in [0.3, 0.4) is 0 Å². The molecule has 0 amide bonds. The first-order chi connectivity index (χ1) is 7.74. The number of benzene rings is 2. The van der Waals surface area contributed by atoms with Crippen LogP contribution in [0, 0.1) is 0 Å². The average molecular weight is 231 g/mol. The van der Waals surface area contributed by atoms with Crippen LogP contribution in [0.4, 0.5) is 8.78 Å². The van der Waals surface area contributed by atoms with Gasteiger partial charge < -0.3 is 0 Å². The summed E-state index contributed by atoms with van der Waals surface area (Å²) in [6.45, 7) is 0. The monoisotopic (exact) mass is 231 g/mol. The molecule has 79 valence electrons. The summed E-state index contributed by atoms with van der Waals surface area (Å²) in [4.78, 5) is 0. The lowest BCUT2D eigenvalue weighted by Crippen LogP contribution is -1.99.